The summed E-state index contributed by atoms with van der Waals surface area (Å²) in [4.78, 5) is 29.4. The lowest BCUT2D eigenvalue weighted by atomic mass is 9.81. The summed E-state index contributed by atoms with van der Waals surface area (Å²) in [6, 6.07) is 13.1. The molecule has 5 nitrogen and oxygen atoms in total. The molecule has 0 aromatic heterocycles. The Hall–Kier alpha value is -2.53. The van der Waals surface area contributed by atoms with Gasteiger partial charge >= 0.3 is 0 Å². The molecule has 0 bridgehead atoms. The number of methoxy groups -OCH3 is 1. The van der Waals surface area contributed by atoms with Crippen molar-refractivity contribution in [1.29, 1.82) is 0 Å². The van der Waals surface area contributed by atoms with Crippen LogP contribution in [0.3, 0.4) is 0 Å². The molecule has 2 aliphatic heterocycles. The lowest BCUT2D eigenvalue weighted by Crippen LogP contribution is -2.42. The highest BCUT2D eigenvalue weighted by atomic mass is 35.5. The van der Waals surface area contributed by atoms with Gasteiger partial charge in [0.15, 0.2) is 0 Å². The monoisotopic (exact) mass is 384 g/mol. The van der Waals surface area contributed by atoms with Crippen LogP contribution in [0.5, 0.6) is 5.75 Å². The van der Waals surface area contributed by atoms with Crippen LogP contribution in [0.4, 0.5) is 5.69 Å². The summed E-state index contributed by atoms with van der Waals surface area (Å²) < 4.78 is 5.35. The van der Waals surface area contributed by atoms with Crippen molar-refractivity contribution < 1.29 is 14.3 Å². The maximum absolute atomic E-state index is 13.1. The molecule has 140 valence electrons. The highest BCUT2D eigenvalue weighted by Gasteiger charge is 2.54. The topological polar surface area (TPSA) is 49.9 Å². The third-order valence-corrected chi connectivity index (χ3v) is 6.08. The fourth-order valence-corrected chi connectivity index (χ4v) is 4.40. The van der Waals surface area contributed by atoms with Gasteiger partial charge in [0.2, 0.25) is 11.8 Å². The summed E-state index contributed by atoms with van der Waals surface area (Å²) in [5.74, 6) is 0.752. The first-order valence-corrected chi connectivity index (χ1v) is 9.32. The maximum atomic E-state index is 13.1. The van der Waals surface area contributed by atoms with E-state index in [1.54, 1.807) is 30.0 Å². The zero-order valence-corrected chi connectivity index (χ0v) is 16.1. The second-order valence-corrected chi connectivity index (χ2v) is 7.57. The first-order valence-electron chi connectivity index (χ1n) is 8.94. The van der Waals surface area contributed by atoms with Gasteiger partial charge in [-0.1, -0.05) is 29.8 Å². The minimum Gasteiger partial charge on any atom is -0.497 e. The highest BCUT2D eigenvalue weighted by Crippen LogP contribution is 2.48. The van der Waals surface area contributed by atoms with E-state index >= 15 is 0 Å². The highest BCUT2D eigenvalue weighted by molar-refractivity contribution is 6.31. The number of amides is 2. The van der Waals surface area contributed by atoms with Gasteiger partial charge in [0, 0.05) is 30.8 Å². The largest absolute Gasteiger partial charge is 0.497 e. The van der Waals surface area contributed by atoms with E-state index in [0.717, 1.165) is 22.6 Å². The van der Waals surface area contributed by atoms with Gasteiger partial charge in [-0.15, -0.1) is 0 Å². The number of benzene rings is 2. The van der Waals surface area contributed by atoms with E-state index in [0.29, 0.717) is 24.5 Å². The fourth-order valence-electron chi connectivity index (χ4n) is 4.20. The average molecular weight is 385 g/mol. The van der Waals surface area contributed by atoms with E-state index in [9.17, 15) is 9.59 Å². The Bertz CT molecular complexity index is 929. The third kappa shape index (κ3) is 2.77. The number of fused-ring (bicyclic) bond motifs is 2. The molecule has 0 aliphatic carbocycles. The molecule has 0 N–H and O–H groups in total. The number of likely N-dealkylation sites (N-methyl/N-ethyl adjacent to an activating group) is 1. The molecule has 2 amide bonds. The van der Waals surface area contributed by atoms with Crippen LogP contribution in [0.2, 0.25) is 5.02 Å². The number of halogens is 1. The van der Waals surface area contributed by atoms with Gasteiger partial charge in [0.25, 0.3) is 0 Å². The predicted octanol–water partition coefficient (Wildman–Crippen LogP) is 3.04. The molecule has 0 unspecified atom stereocenters. The first-order chi connectivity index (χ1) is 13.0. The van der Waals surface area contributed by atoms with Crippen molar-refractivity contribution in [1.82, 2.24) is 4.90 Å². The third-order valence-electron chi connectivity index (χ3n) is 5.72. The molecule has 1 spiro atoms. The predicted molar refractivity (Wildman–Crippen MR) is 104 cm³/mol. The normalized spacial score (nSPS) is 21.1. The van der Waals surface area contributed by atoms with E-state index in [1.807, 2.05) is 36.4 Å². The SMILES string of the molecule is COc1ccc2c(c1)[C@@]1(CCN(C(=O)Cc3ccccc3Cl)C1)C(=O)N2C. The molecule has 0 radical (unpaired) electrons. The van der Waals surface area contributed by atoms with Crippen LogP contribution in [-0.4, -0.2) is 44.0 Å². The average Bonchev–Trinajstić information content (AvgIpc) is 3.21. The number of carbonyl (C=O) groups excluding carboxylic acids is 2. The van der Waals surface area contributed by atoms with Gasteiger partial charge in [0.05, 0.1) is 18.9 Å². The van der Waals surface area contributed by atoms with E-state index in [2.05, 4.69) is 0 Å². The van der Waals surface area contributed by atoms with Gasteiger partial charge in [-0.2, -0.15) is 0 Å². The molecule has 2 aliphatic rings. The Morgan fingerprint density at radius 3 is 2.78 bits per heavy atom. The Kier molecular flexibility index (Phi) is 4.35. The molecule has 1 saturated heterocycles. The van der Waals surface area contributed by atoms with Crippen LogP contribution < -0.4 is 9.64 Å². The number of hydrogen-bond acceptors (Lipinski definition) is 3. The summed E-state index contributed by atoms with van der Waals surface area (Å²) in [6.07, 6.45) is 0.857. The molecule has 4 rings (SSSR count). The van der Waals surface area contributed by atoms with Crippen LogP contribution >= 0.6 is 11.6 Å². The zero-order valence-electron chi connectivity index (χ0n) is 15.4. The van der Waals surface area contributed by atoms with Crippen molar-refractivity contribution in [3.63, 3.8) is 0 Å². The quantitative estimate of drug-likeness (QED) is 0.817. The molecule has 27 heavy (non-hydrogen) atoms. The van der Waals surface area contributed by atoms with Crippen LogP contribution in [-0.2, 0) is 21.4 Å². The van der Waals surface area contributed by atoms with E-state index in [-0.39, 0.29) is 18.2 Å². The summed E-state index contributed by atoms with van der Waals surface area (Å²) in [6.45, 7) is 0.944. The maximum Gasteiger partial charge on any atom is 0.239 e. The number of carbonyl (C=O) groups is 2. The molecule has 0 saturated carbocycles. The van der Waals surface area contributed by atoms with Gasteiger partial charge in [0.1, 0.15) is 5.75 Å². The summed E-state index contributed by atoms with van der Waals surface area (Å²) in [5, 5.41) is 0.589. The first kappa shape index (κ1) is 17.9. The van der Waals surface area contributed by atoms with Gasteiger partial charge in [-0.3, -0.25) is 9.59 Å². The molecule has 2 heterocycles. The van der Waals surface area contributed by atoms with Crippen LogP contribution in [0.1, 0.15) is 17.5 Å². The summed E-state index contributed by atoms with van der Waals surface area (Å²) in [7, 11) is 3.40. The molecular formula is C21H21ClN2O3. The van der Waals surface area contributed by atoms with Crippen molar-refractivity contribution in [3.05, 3.63) is 58.6 Å². The van der Waals surface area contributed by atoms with Crippen molar-refractivity contribution in [2.75, 3.05) is 32.1 Å². The number of hydrogen-bond donors (Lipinski definition) is 0. The van der Waals surface area contributed by atoms with Crippen molar-refractivity contribution >= 4 is 29.1 Å². The molecule has 1 fully saturated rings. The van der Waals surface area contributed by atoms with E-state index in [1.165, 1.54) is 0 Å². The number of rotatable bonds is 3. The lowest BCUT2D eigenvalue weighted by Gasteiger charge is -2.24. The fraction of sp³-hybridized carbons (Fsp3) is 0.333. The standard InChI is InChI=1S/C21H21ClN2O3/c1-23-18-8-7-15(27-2)12-16(18)21(20(23)26)9-10-24(13-21)19(25)11-14-5-3-4-6-17(14)22/h3-8,12H,9-11,13H2,1-2H3/t21-/m0/s1. The smallest absolute Gasteiger partial charge is 0.239 e. The molecule has 1 atom stereocenters. The molecule has 6 heteroatoms. The van der Waals surface area contributed by atoms with Crippen molar-refractivity contribution in [2.24, 2.45) is 0 Å². The Morgan fingerprint density at radius 2 is 2.04 bits per heavy atom. The summed E-state index contributed by atoms with van der Waals surface area (Å²) in [5.41, 5.74) is 1.96. The van der Waals surface area contributed by atoms with Crippen molar-refractivity contribution in [3.8, 4) is 5.75 Å². The number of ether oxygens (including phenoxy) is 1. The van der Waals surface area contributed by atoms with Gasteiger partial charge in [-0.05, 0) is 41.8 Å². The Labute approximate surface area is 163 Å². The van der Waals surface area contributed by atoms with E-state index < -0.39 is 5.41 Å². The Morgan fingerprint density at radius 1 is 1.26 bits per heavy atom. The number of anilines is 1. The number of nitrogens with zero attached hydrogens (tertiary/aromatic N) is 2. The van der Waals surface area contributed by atoms with Crippen molar-refractivity contribution in [2.45, 2.75) is 18.3 Å². The van der Waals surface area contributed by atoms with Crippen LogP contribution in [0.15, 0.2) is 42.5 Å². The number of likely N-dealkylation sites (tertiary alicyclic amines) is 1. The zero-order chi connectivity index (χ0) is 19.2. The second kappa shape index (κ2) is 6.57. The minimum atomic E-state index is -0.686. The molecule has 2 aromatic carbocycles. The summed E-state index contributed by atoms with van der Waals surface area (Å²) >= 11 is 6.19. The lowest BCUT2D eigenvalue weighted by molar-refractivity contribution is -0.130. The van der Waals surface area contributed by atoms with Gasteiger partial charge in [-0.25, -0.2) is 0 Å². The van der Waals surface area contributed by atoms with Crippen LogP contribution in [0, 0.1) is 0 Å². The molecule has 2 aromatic rings. The van der Waals surface area contributed by atoms with E-state index in [4.69, 9.17) is 16.3 Å². The molecular weight excluding hydrogens is 364 g/mol. The second-order valence-electron chi connectivity index (χ2n) is 7.16. The van der Waals surface area contributed by atoms with Gasteiger partial charge < -0.3 is 14.5 Å². The van der Waals surface area contributed by atoms with Crippen LogP contribution in [0.25, 0.3) is 0 Å². The minimum absolute atomic E-state index is 0.00762. The Balaban J connectivity index is 1.61.